The summed E-state index contributed by atoms with van der Waals surface area (Å²) in [5.41, 5.74) is 15.0. The van der Waals surface area contributed by atoms with Crippen molar-refractivity contribution < 1.29 is 0 Å². The van der Waals surface area contributed by atoms with Crippen LogP contribution in [0.4, 0.5) is 5.69 Å². The van der Waals surface area contributed by atoms with Gasteiger partial charge in [0.05, 0.1) is 0 Å². The fourth-order valence-corrected chi connectivity index (χ4v) is 3.52. The lowest BCUT2D eigenvalue weighted by atomic mass is 10.0. The van der Waals surface area contributed by atoms with Crippen molar-refractivity contribution >= 4 is 16.6 Å². The molecule has 2 N–H and O–H groups in total. The van der Waals surface area contributed by atoms with Crippen molar-refractivity contribution in [2.24, 2.45) is 0 Å². The van der Waals surface area contributed by atoms with Gasteiger partial charge in [0.1, 0.15) is 0 Å². The minimum atomic E-state index is 0.881. The van der Waals surface area contributed by atoms with E-state index >= 15 is 0 Å². The number of nitrogen functional groups attached to an aromatic ring is 1. The van der Waals surface area contributed by atoms with E-state index in [1.165, 1.54) is 39.7 Å². The monoisotopic (exact) mass is 306 g/mol. The second-order valence-electron chi connectivity index (χ2n) is 6.50. The molecule has 0 aliphatic carbocycles. The maximum atomic E-state index is 6.23. The van der Waals surface area contributed by atoms with E-state index in [0.717, 1.165) is 24.2 Å². The van der Waals surface area contributed by atoms with E-state index in [4.69, 9.17) is 5.73 Å². The van der Waals surface area contributed by atoms with Gasteiger partial charge in [-0.2, -0.15) is 0 Å². The van der Waals surface area contributed by atoms with E-state index in [-0.39, 0.29) is 0 Å². The predicted octanol–water partition coefficient (Wildman–Crippen LogP) is 5.15. The molecule has 0 fully saturated rings. The molecule has 3 aromatic rings. The summed E-state index contributed by atoms with van der Waals surface area (Å²) >= 11 is 0. The Labute approximate surface area is 138 Å². The number of nitrogens with zero attached hydrogens (tertiary/aromatic N) is 1. The third-order valence-electron chi connectivity index (χ3n) is 5.04. The highest BCUT2D eigenvalue weighted by Crippen LogP contribution is 2.29. The number of aryl methyl sites for hydroxylation is 2. The van der Waals surface area contributed by atoms with E-state index in [9.17, 15) is 0 Å². The van der Waals surface area contributed by atoms with Gasteiger partial charge in [0.2, 0.25) is 0 Å². The first-order valence-corrected chi connectivity index (χ1v) is 8.45. The standard InChI is InChI=1S/C21H26N2/c1-5-8-18-16(4)23(20-10-7-6-9-19(18)20)13-17-12-11-14(2)21(22)15(17)3/h6-7,9-12H,5,8,13,22H2,1-4H3. The average molecular weight is 306 g/mol. The molecule has 0 spiro atoms. The quantitative estimate of drug-likeness (QED) is 0.664. The lowest BCUT2D eigenvalue weighted by Gasteiger charge is -2.14. The Morgan fingerprint density at radius 2 is 1.74 bits per heavy atom. The molecule has 0 radical (unpaired) electrons. The normalized spacial score (nSPS) is 11.3. The number of benzene rings is 2. The number of aromatic nitrogens is 1. The number of fused-ring (bicyclic) bond motifs is 1. The van der Waals surface area contributed by atoms with Gasteiger partial charge in [0.15, 0.2) is 0 Å². The maximum absolute atomic E-state index is 6.23. The topological polar surface area (TPSA) is 30.9 Å². The van der Waals surface area contributed by atoms with Crippen LogP contribution in [0.3, 0.4) is 0 Å². The Balaban J connectivity index is 2.14. The fourth-order valence-electron chi connectivity index (χ4n) is 3.52. The highest BCUT2D eigenvalue weighted by atomic mass is 15.0. The van der Waals surface area contributed by atoms with Crippen molar-refractivity contribution in [3.05, 3.63) is 64.3 Å². The Hall–Kier alpha value is -2.22. The minimum Gasteiger partial charge on any atom is -0.398 e. The van der Waals surface area contributed by atoms with Gasteiger partial charge < -0.3 is 10.3 Å². The van der Waals surface area contributed by atoms with E-state index in [2.05, 4.69) is 68.7 Å². The van der Waals surface area contributed by atoms with Gasteiger partial charge in [-0.3, -0.25) is 0 Å². The van der Waals surface area contributed by atoms with E-state index in [1.807, 2.05) is 0 Å². The number of nitrogens with two attached hydrogens (primary N) is 1. The van der Waals surface area contributed by atoms with Crippen LogP contribution in [0.25, 0.3) is 10.9 Å². The third-order valence-corrected chi connectivity index (χ3v) is 5.04. The Bertz CT molecular complexity index is 856. The second kappa shape index (κ2) is 6.11. The summed E-state index contributed by atoms with van der Waals surface area (Å²) in [5, 5.41) is 1.39. The van der Waals surface area contributed by atoms with Crippen molar-refractivity contribution in [2.75, 3.05) is 5.73 Å². The first-order chi connectivity index (χ1) is 11.0. The van der Waals surface area contributed by atoms with Crippen molar-refractivity contribution in [1.29, 1.82) is 0 Å². The van der Waals surface area contributed by atoms with E-state index in [0.29, 0.717) is 0 Å². The molecule has 23 heavy (non-hydrogen) atoms. The summed E-state index contributed by atoms with van der Waals surface area (Å²) < 4.78 is 2.44. The van der Waals surface area contributed by atoms with Crippen LogP contribution < -0.4 is 5.73 Å². The van der Waals surface area contributed by atoms with Crippen LogP contribution in [0.5, 0.6) is 0 Å². The van der Waals surface area contributed by atoms with Gasteiger partial charge >= 0.3 is 0 Å². The zero-order valence-electron chi connectivity index (χ0n) is 14.6. The second-order valence-corrected chi connectivity index (χ2v) is 6.50. The van der Waals surface area contributed by atoms with Crippen molar-refractivity contribution in [3.63, 3.8) is 0 Å². The molecule has 120 valence electrons. The molecule has 1 heterocycles. The van der Waals surface area contributed by atoms with Crippen LogP contribution in [-0.2, 0) is 13.0 Å². The van der Waals surface area contributed by atoms with Gasteiger partial charge in [-0.25, -0.2) is 0 Å². The highest BCUT2D eigenvalue weighted by molar-refractivity contribution is 5.85. The highest BCUT2D eigenvalue weighted by Gasteiger charge is 2.14. The van der Waals surface area contributed by atoms with Crippen LogP contribution in [0.1, 0.15) is 41.3 Å². The molecule has 2 heteroatoms. The maximum Gasteiger partial charge on any atom is 0.0488 e. The van der Waals surface area contributed by atoms with E-state index in [1.54, 1.807) is 0 Å². The van der Waals surface area contributed by atoms with Gasteiger partial charge in [0.25, 0.3) is 0 Å². The van der Waals surface area contributed by atoms with E-state index < -0.39 is 0 Å². The summed E-state index contributed by atoms with van der Waals surface area (Å²) in [7, 11) is 0. The lowest BCUT2D eigenvalue weighted by Crippen LogP contribution is -2.06. The number of para-hydroxylation sites is 1. The molecular weight excluding hydrogens is 280 g/mol. The molecule has 1 aromatic heterocycles. The summed E-state index contributed by atoms with van der Waals surface area (Å²) in [6.07, 6.45) is 2.31. The van der Waals surface area contributed by atoms with Crippen molar-refractivity contribution in [3.8, 4) is 0 Å². The predicted molar refractivity (Wildman–Crippen MR) is 100 cm³/mol. The van der Waals surface area contributed by atoms with Crippen LogP contribution >= 0.6 is 0 Å². The number of rotatable bonds is 4. The molecule has 2 aromatic carbocycles. The van der Waals surface area contributed by atoms with Gasteiger partial charge in [0, 0.05) is 28.8 Å². The Morgan fingerprint density at radius 1 is 1.00 bits per heavy atom. The minimum absolute atomic E-state index is 0.881. The number of anilines is 1. The van der Waals surface area contributed by atoms with Crippen LogP contribution in [0.15, 0.2) is 36.4 Å². The largest absolute Gasteiger partial charge is 0.398 e. The van der Waals surface area contributed by atoms with Crippen molar-refractivity contribution in [1.82, 2.24) is 4.57 Å². The SMILES string of the molecule is CCCc1c(C)n(Cc2ccc(C)c(N)c2C)c2ccccc12. The zero-order chi connectivity index (χ0) is 16.6. The molecule has 0 unspecified atom stereocenters. The molecule has 3 rings (SSSR count). The molecule has 2 nitrogen and oxygen atoms in total. The van der Waals surface area contributed by atoms with Crippen LogP contribution in [0.2, 0.25) is 0 Å². The zero-order valence-corrected chi connectivity index (χ0v) is 14.6. The molecule has 0 saturated heterocycles. The molecule has 0 bridgehead atoms. The Kier molecular flexibility index (Phi) is 4.16. The molecular formula is C21H26N2. The molecule has 0 saturated carbocycles. The van der Waals surface area contributed by atoms with Crippen LogP contribution in [0, 0.1) is 20.8 Å². The molecule has 0 aliphatic rings. The van der Waals surface area contributed by atoms with Crippen LogP contribution in [-0.4, -0.2) is 4.57 Å². The third kappa shape index (κ3) is 2.63. The molecule has 0 amide bonds. The average Bonchev–Trinajstić information content (AvgIpc) is 2.81. The summed E-state index contributed by atoms with van der Waals surface area (Å²) in [5.74, 6) is 0. The Morgan fingerprint density at radius 3 is 2.48 bits per heavy atom. The smallest absolute Gasteiger partial charge is 0.0488 e. The number of hydrogen-bond donors (Lipinski definition) is 1. The first-order valence-electron chi connectivity index (χ1n) is 8.45. The van der Waals surface area contributed by atoms with Gasteiger partial charge in [-0.1, -0.05) is 43.7 Å². The summed E-state index contributed by atoms with van der Waals surface area (Å²) in [6.45, 7) is 9.58. The van der Waals surface area contributed by atoms with Gasteiger partial charge in [-0.15, -0.1) is 0 Å². The summed E-state index contributed by atoms with van der Waals surface area (Å²) in [6, 6.07) is 13.1. The first kappa shape index (κ1) is 15.7. The molecule has 0 aliphatic heterocycles. The molecule has 0 atom stereocenters. The number of hydrogen-bond acceptors (Lipinski definition) is 1. The fraction of sp³-hybridized carbons (Fsp3) is 0.333. The van der Waals surface area contributed by atoms with Crippen molar-refractivity contribution in [2.45, 2.75) is 47.1 Å². The lowest BCUT2D eigenvalue weighted by molar-refractivity contribution is 0.784. The van der Waals surface area contributed by atoms with Gasteiger partial charge in [-0.05, 0) is 55.5 Å². The summed E-state index contributed by atoms with van der Waals surface area (Å²) in [4.78, 5) is 0.